The van der Waals surface area contributed by atoms with Gasteiger partial charge in [0.15, 0.2) is 0 Å². The zero-order valence-corrected chi connectivity index (χ0v) is 10.1. The molecule has 0 aromatic rings. The van der Waals surface area contributed by atoms with E-state index in [1.165, 1.54) is 12.8 Å². The highest BCUT2D eigenvalue weighted by Crippen LogP contribution is 2.03. The molecule has 2 nitrogen and oxygen atoms in total. The van der Waals surface area contributed by atoms with Gasteiger partial charge in [-0.1, -0.05) is 26.7 Å². The van der Waals surface area contributed by atoms with Crippen LogP contribution in [0.4, 0.5) is 0 Å². The summed E-state index contributed by atoms with van der Waals surface area (Å²) in [5, 5.41) is 0. The molecule has 0 saturated heterocycles. The molecule has 0 saturated carbocycles. The fourth-order valence-corrected chi connectivity index (χ4v) is 1.14. The largest absolute Gasteiger partial charge is 0.466 e. The summed E-state index contributed by atoms with van der Waals surface area (Å²) in [7, 11) is 0. The maximum Gasteiger partial charge on any atom is 0.309 e. The minimum Gasteiger partial charge on any atom is -0.466 e. The van der Waals surface area contributed by atoms with E-state index in [0.29, 0.717) is 13.0 Å². The lowest BCUT2D eigenvalue weighted by Gasteiger charge is -2.05. The van der Waals surface area contributed by atoms with Crippen molar-refractivity contribution in [2.75, 3.05) is 6.61 Å². The van der Waals surface area contributed by atoms with E-state index in [2.05, 4.69) is 18.8 Å². The molecule has 0 amide bonds. The Hall–Kier alpha value is -0.970. The van der Waals surface area contributed by atoms with Gasteiger partial charge in [-0.3, -0.25) is 4.79 Å². The van der Waals surface area contributed by atoms with Gasteiger partial charge in [0.2, 0.25) is 0 Å². The maximum atomic E-state index is 11.2. The van der Waals surface area contributed by atoms with Crippen LogP contribution in [0, 0.1) is 17.8 Å². The van der Waals surface area contributed by atoms with E-state index in [9.17, 15) is 4.79 Å². The lowest BCUT2D eigenvalue weighted by atomic mass is 10.1. The summed E-state index contributed by atoms with van der Waals surface area (Å²) in [6.07, 6.45) is 5.19. The van der Waals surface area contributed by atoms with Crippen molar-refractivity contribution in [3.63, 3.8) is 0 Å². The monoisotopic (exact) mass is 210 g/mol. The highest BCUT2D eigenvalue weighted by Gasteiger charge is 2.11. The van der Waals surface area contributed by atoms with Gasteiger partial charge >= 0.3 is 5.97 Å². The van der Waals surface area contributed by atoms with Crippen molar-refractivity contribution in [3.05, 3.63) is 0 Å². The second-order valence-electron chi connectivity index (χ2n) is 3.67. The van der Waals surface area contributed by atoms with Crippen LogP contribution in [-0.2, 0) is 9.53 Å². The molecule has 1 atom stereocenters. The van der Waals surface area contributed by atoms with E-state index in [0.717, 1.165) is 12.8 Å². The zero-order chi connectivity index (χ0) is 11.5. The maximum absolute atomic E-state index is 11.2. The van der Waals surface area contributed by atoms with E-state index >= 15 is 0 Å². The van der Waals surface area contributed by atoms with Crippen molar-refractivity contribution in [2.24, 2.45) is 5.92 Å². The van der Waals surface area contributed by atoms with E-state index in [1.807, 2.05) is 13.8 Å². The molecular weight excluding hydrogens is 188 g/mol. The first-order chi connectivity index (χ1) is 7.22. The second kappa shape index (κ2) is 9.58. The van der Waals surface area contributed by atoms with Gasteiger partial charge in [-0.15, -0.1) is 11.8 Å². The lowest BCUT2D eigenvalue weighted by molar-refractivity contribution is -0.147. The Kier molecular flexibility index (Phi) is 8.96. The number of carbonyl (C=O) groups excluding carboxylic acids is 1. The Morgan fingerprint density at radius 3 is 2.60 bits per heavy atom. The van der Waals surface area contributed by atoms with E-state index in [4.69, 9.17) is 4.74 Å². The predicted molar refractivity (Wildman–Crippen MR) is 62.3 cm³/mol. The summed E-state index contributed by atoms with van der Waals surface area (Å²) < 4.78 is 4.89. The number of ether oxygens (including phenoxy) is 1. The molecule has 2 heteroatoms. The number of rotatable bonds is 6. The van der Waals surface area contributed by atoms with Gasteiger partial charge in [0.25, 0.3) is 0 Å². The molecule has 0 heterocycles. The van der Waals surface area contributed by atoms with Gasteiger partial charge in [-0.25, -0.2) is 0 Å². The third-order valence-corrected chi connectivity index (χ3v) is 2.13. The van der Waals surface area contributed by atoms with Crippen LogP contribution in [0.1, 0.15) is 52.9 Å². The number of hydrogen-bond donors (Lipinski definition) is 0. The number of esters is 1. The number of hydrogen-bond acceptors (Lipinski definition) is 2. The normalized spacial score (nSPS) is 11.4. The smallest absolute Gasteiger partial charge is 0.309 e. The van der Waals surface area contributed by atoms with Crippen LogP contribution in [0.15, 0.2) is 0 Å². The lowest BCUT2D eigenvalue weighted by Crippen LogP contribution is -2.13. The average molecular weight is 210 g/mol. The van der Waals surface area contributed by atoms with Gasteiger partial charge in [0.05, 0.1) is 12.5 Å². The van der Waals surface area contributed by atoms with Crippen molar-refractivity contribution >= 4 is 5.97 Å². The highest BCUT2D eigenvalue weighted by atomic mass is 16.5. The van der Waals surface area contributed by atoms with Crippen LogP contribution in [0.5, 0.6) is 0 Å². The van der Waals surface area contributed by atoms with Gasteiger partial charge in [-0.2, -0.15) is 0 Å². The SMILES string of the molecule is CCCCCC#CCC(C)C(=O)OCC. The van der Waals surface area contributed by atoms with Crippen molar-refractivity contribution in [1.29, 1.82) is 0 Å². The Balaban J connectivity index is 3.59. The van der Waals surface area contributed by atoms with Crippen LogP contribution >= 0.6 is 0 Å². The molecule has 86 valence electrons. The summed E-state index contributed by atoms with van der Waals surface area (Å²) in [6, 6.07) is 0. The predicted octanol–water partition coefficient (Wildman–Crippen LogP) is 3.16. The van der Waals surface area contributed by atoms with Crippen LogP contribution in [0.25, 0.3) is 0 Å². The van der Waals surface area contributed by atoms with E-state index in [1.54, 1.807) is 0 Å². The van der Waals surface area contributed by atoms with Crippen LogP contribution < -0.4 is 0 Å². The van der Waals surface area contributed by atoms with Gasteiger partial charge in [-0.05, 0) is 13.3 Å². The topological polar surface area (TPSA) is 26.3 Å². The van der Waals surface area contributed by atoms with E-state index < -0.39 is 0 Å². The number of carbonyl (C=O) groups is 1. The first-order valence-electron chi connectivity index (χ1n) is 5.84. The molecule has 0 aromatic heterocycles. The third kappa shape index (κ3) is 8.05. The van der Waals surface area contributed by atoms with Crippen molar-refractivity contribution < 1.29 is 9.53 Å². The summed E-state index contributed by atoms with van der Waals surface area (Å²) in [4.78, 5) is 11.2. The molecule has 1 unspecified atom stereocenters. The fraction of sp³-hybridized carbons (Fsp3) is 0.769. The fourth-order valence-electron chi connectivity index (χ4n) is 1.14. The molecule has 0 bridgehead atoms. The molecule has 0 aliphatic carbocycles. The molecule has 0 fully saturated rings. The van der Waals surface area contributed by atoms with Gasteiger partial charge < -0.3 is 4.74 Å². The molecular formula is C13H22O2. The molecule has 0 aromatic carbocycles. The average Bonchev–Trinajstić information content (AvgIpc) is 2.23. The minimum absolute atomic E-state index is 0.0939. The third-order valence-electron chi connectivity index (χ3n) is 2.13. The summed E-state index contributed by atoms with van der Waals surface area (Å²) in [5.41, 5.74) is 0. The molecule has 0 radical (unpaired) electrons. The Bertz CT molecular complexity index is 222. The van der Waals surface area contributed by atoms with Crippen molar-refractivity contribution in [2.45, 2.75) is 52.9 Å². The van der Waals surface area contributed by atoms with E-state index in [-0.39, 0.29) is 11.9 Å². The second-order valence-corrected chi connectivity index (χ2v) is 3.67. The molecule has 0 spiro atoms. The van der Waals surface area contributed by atoms with Crippen LogP contribution in [0.2, 0.25) is 0 Å². The summed E-state index contributed by atoms with van der Waals surface area (Å²) in [5.74, 6) is 5.89. The van der Waals surface area contributed by atoms with Gasteiger partial charge in [0.1, 0.15) is 0 Å². The molecule has 0 N–H and O–H groups in total. The first-order valence-corrected chi connectivity index (χ1v) is 5.84. The Morgan fingerprint density at radius 1 is 1.27 bits per heavy atom. The Morgan fingerprint density at radius 2 is 2.00 bits per heavy atom. The minimum atomic E-state index is -0.139. The Labute approximate surface area is 93.4 Å². The van der Waals surface area contributed by atoms with Crippen molar-refractivity contribution in [1.82, 2.24) is 0 Å². The standard InChI is InChI=1S/C13H22O2/c1-4-6-7-8-9-10-11-12(3)13(14)15-5-2/h12H,4-8,11H2,1-3H3. The molecule has 15 heavy (non-hydrogen) atoms. The highest BCUT2D eigenvalue weighted by molar-refractivity contribution is 5.72. The quantitative estimate of drug-likeness (QED) is 0.382. The summed E-state index contributed by atoms with van der Waals surface area (Å²) in [6.45, 7) is 6.31. The molecule has 0 aliphatic rings. The van der Waals surface area contributed by atoms with Crippen LogP contribution in [-0.4, -0.2) is 12.6 Å². The zero-order valence-electron chi connectivity index (χ0n) is 10.1. The van der Waals surface area contributed by atoms with Crippen molar-refractivity contribution in [3.8, 4) is 11.8 Å². The summed E-state index contributed by atoms with van der Waals surface area (Å²) >= 11 is 0. The molecule has 0 rings (SSSR count). The van der Waals surface area contributed by atoms with Gasteiger partial charge in [0, 0.05) is 12.8 Å². The molecule has 0 aliphatic heterocycles. The number of unbranched alkanes of at least 4 members (excludes halogenated alkanes) is 3. The first kappa shape index (κ1) is 14.0. The van der Waals surface area contributed by atoms with Crippen LogP contribution in [0.3, 0.4) is 0 Å².